The number of imidazole rings is 1. The van der Waals surface area contributed by atoms with Gasteiger partial charge in [0, 0.05) is 12.7 Å². The fourth-order valence-electron chi connectivity index (χ4n) is 2.75. The van der Waals surface area contributed by atoms with Crippen LogP contribution in [0.25, 0.3) is 5.65 Å². The van der Waals surface area contributed by atoms with Gasteiger partial charge in [0.1, 0.15) is 5.65 Å². The highest BCUT2D eigenvalue weighted by atomic mass is 16.2. The predicted molar refractivity (Wildman–Crippen MR) is 77.3 cm³/mol. The first-order chi connectivity index (χ1) is 9.58. The van der Waals surface area contributed by atoms with Crippen LogP contribution in [0.1, 0.15) is 26.0 Å². The molecule has 5 nitrogen and oxygen atoms in total. The van der Waals surface area contributed by atoms with Crippen molar-refractivity contribution < 1.29 is 4.79 Å². The number of rotatable bonds is 3. The molecule has 1 fully saturated rings. The highest BCUT2D eigenvalue weighted by Crippen LogP contribution is 2.22. The van der Waals surface area contributed by atoms with Crippen molar-refractivity contribution in [3.63, 3.8) is 0 Å². The molecule has 1 unspecified atom stereocenters. The average molecular weight is 272 g/mol. The summed E-state index contributed by atoms with van der Waals surface area (Å²) in [6, 6.07) is 5.89. The van der Waals surface area contributed by atoms with E-state index in [4.69, 9.17) is 0 Å². The second kappa shape index (κ2) is 4.90. The molecule has 1 amide bonds. The minimum Gasteiger partial charge on any atom is -0.345 e. The Morgan fingerprint density at radius 3 is 3.10 bits per heavy atom. The van der Waals surface area contributed by atoms with Crippen LogP contribution in [0.2, 0.25) is 0 Å². The molecule has 2 aromatic heterocycles. The zero-order valence-electron chi connectivity index (χ0n) is 11.9. The first kappa shape index (κ1) is 13.1. The molecule has 0 bridgehead atoms. The molecule has 1 aliphatic heterocycles. The number of hydrogen-bond donors (Lipinski definition) is 2. The van der Waals surface area contributed by atoms with Crippen molar-refractivity contribution in [3.05, 3.63) is 36.3 Å². The lowest BCUT2D eigenvalue weighted by Gasteiger charge is -2.27. The summed E-state index contributed by atoms with van der Waals surface area (Å²) >= 11 is 0. The Labute approximate surface area is 118 Å². The van der Waals surface area contributed by atoms with Gasteiger partial charge in [0.15, 0.2) is 0 Å². The summed E-state index contributed by atoms with van der Waals surface area (Å²) < 4.78 is 2.02. The first-order valence-electron chi connectivity index (χ1n) is 7.03. The molecule has 1 aliphatic rings. The summed E-state index contributed by atoms with van der Waals surface area (Å²) in [6.07, 6.45) is 4.72. The van der Waals surface area contributed by atoms with E-state index in [2.05, 4.69) is 15.6 Å². The van der Waals surface area contributed by atoms with Gasteiger partial charge >= 0.3 is 0 Å². The van der Waals surface area contributed by atoms with Crippen molar-refractivity contribution in [1.82, 2.24) is 20.0 Å². The average Bonchev–Trinajstić information content (AvgIpc) is 3.08. The third-order valence-corrected chi connectivity index (χ3v) is 3.92. The van der Waals surface area contributed by atoms with E-state index < -0.39 is 5.54 Å². The second-order valence-corrected chi connectivity index (χ2v) is 5.88. The smallest absolute Gasteiger partial charge is 0.225 e. The standard InChI is InChI=1S/C15H20N4O/c1-15(2,18-14(20)11-6-7-16-9-11)12-10-17-13-5-3-4-8-19(12)13/h3-5,8,10-11,16H,6-7,9H2,1-2H3,(H,18,20). The molecule has 106 valence electrons. The van der Waals surface area contributed by atoms with Crippen LogP contribution in [0, 0.1) is 5.92 Å². The monoisotopic (exact) mass is 272 g/mol. The van der Waals surface area contributed by atoms with Gasteiger partial charge < -0.3 is 15.0 Å². The lowest BCUT2D eigenvalue weighted by atomic mass is 9.99. The number of pyridine rings is 1. The fraction of sp³-hybridized carbons (Fsp3) is 0.467. The van der Waals surface area contributed by atoms with Crippen LogP contribution >= 0.6 is 0 Å². The molecule has 0 radical (unpaired) electrons. The lowest BCUT2D eigenvalue weighted by molar-refractivity contribution is -0.126. The van der Waals surface area contributed by atoms with E-state index in [0.29, 0.717) is 0 Å². The van der Waals surface area contributed by atoms with Crippen LogP contribution < -0.4 is 10.6 Å². The van der Waals surface area contributed by atoms with Crippen molar-refractivity contribution in [2.45, 2.75) is 25.8 Å². The Bertz CT molecular complexity index is 626. The van der Waals surface area contributed by atoms with Gasteiger partial charge in [0.25, 0.3) is 0 Å². The highest BCUT2D eigenvalue weighted by molar-refractivity contribution is 5.80. The molecule has 0 spiro atoms. The number of fused-ring (bicyclic) bond motifs is 1. The second-order valence-electron chi connectivity index (χ2n) is 5.88. The number of carbonyl (C=O) groups excluding carboxylic acids is 1. The summed E-state index contributed by atoms with van der Waals surface area (Å²) in [5, 5.41) is 6.38. The van der Waals surface area contributed by atoms with E-state index in [1.807, 2.05) is 48.8 Å². The molecule has 3 heterocycles. The van der Waals surface area contributed by atoms with Crippen molar-refractivity contribution >= 4 is 11.6 Å². The topological polar surface area (TPSA) is 58.4 Å². The van der Waals surface area contributed by atoms with Crippen LogP contribution in [-0.2, 0) is 10.3 Å². The zero-order chi connectivity index (χ0) is 14.2. The Balaban J connectivity index is 1.85. The van der Waals surface area contributed by atoms with E-state index in [9.17, 15) is 4.79 Å². The van der Waals surface area contributed by atoms with E-state index in [1.165, 1.54) is 0 Å². The summed E-state index contributed by atoms with van der Waals surface area (Å²) in [5.74, 6) is 0.194. The maximum absolute atomic E-state index is 12.3. The molecule has 1 saturated heterocycles. The highest BCUT2D eigenvalue weighted by Gasteiger charge is 2.30. The number of nitrogens with zero attached hydrogens (tertiary/aromatic N) is 2. The number of hydrogen-bond acceptors (Lipinski definition) is 3. The maximum atomic E-state index is 12.3. The largest absolute Gasteiger partial charge is 0.345 e. The van der Waals surface area contributed by atoms with Crippen LogP contribution in [0.15, 0.2) is 30.6 Å². The summed E-state index contributed by atoms with van der Waals surface area (Å²) in [6.45, 7) is 5.73. The van der Waals surface area contributed by atoms with E-state index in [-0.39, 0.29) is 11.8 Å². The quantitative estimate of drug-likeness (QED) is 0.885. The third kappa shape index (κ3) is 2.29. The Morgan fingerprint density at radius 1 is 1.50 bits per heavy atom. The van der Waals surface area contributed by atoms with Gasteiger partial charge in [-0.3, -0.25) is 4.79 Å². The lowest BCUT2D eigenvalue weighted by Crippen LogP contribution is -2.45. The number of amides is 1. The summed E-state index contributed by atoms with van der Waals surface area (Å²) in [7, 11) is 0. The van der Waals surface area contributed by atoms with Crippen molar-refractivity contribution in [1.29, 1.82) is 0 Å². The van der Waals surface area contributed by atoms with Crippen molar-refractivity contribution in [2.24, 2.45) is 5.92 Å². The fourth-order valence-corrected chi connectivity index (χ4v) is 2.75. The zero-order valence-corrected chi connectivity index (χ0v) is 11.9. The number of carbonyl (C=O) groups is 1. The molecule has 3 rings (SSSR count). The molecule has 0 aromatic carbocycles. The predicted octanol–water partition coefficient (Wildman–Crippen LogP) is 1.30. The molecule has 0 saturated carbocycles. The molecule has 0 aliphatic carbocycles. The van der Waals surface area contributed by atoms with Gasteiger partial charge in [-0.2, -0.15) is 0 Å². The van der Waals surface area contributed by atoms with Gasteiger partial charge in [-0.1, -0.05) is 6.07 Å². The minimum absolute atomic E-state index is 0.0773. The van der Waals surface area contributed by atoms with Gasteiger partial charge in [-0.15, -0.1) is 0 Å². The van der Waals surface area contributed by atoms with Crippen LogP contribution in [0.5, 0.6) is 0 Å². The molecular weight excluding hydrogens is 252 g/mol. The van der Waals surface area contributed by atoms with Crippen LogP contribution in [0.3, 0.4) is 0 Å². The summed E-state index contributed by atoms with van der Waals surface area (Å²) in [4.78, 5) is 16.7. The molecular formula is C15H20N4O. The number of aromatic nitrogens is 2. The SMILES string of the molecule is CC(C)(NC(=O)C1CCNC1)c1cnc2ccccn12. The molecule has 1 atom stereocenters. The maximum Gasteiger partial charge on any atom is 0.225 e. The Morgan fingerprint density at radius 2 is 2.35 bits per heavy atom. The molecule has 5 heteroatoms. The van der Waals surface area contributed by atoms with E-state index >= 15 is 0 Å². The Hall–Kier alpha value is -1.88. The molecule has 2 N–H and O–H groups in total. The molecule has 2 aromatic rings. The van der Waals surface area contributed by atoms with Crippen LogP contribution in [0.4, 0.5) is 0 Å². The number of nitrogens with one attached hydrogen (secondary N) is 2. The van der Waals surface area contributed by atoms with Crippen molar-refractivity contribution in [2.75, 3.05) is 13.1 Å². The van der Waals surface area contributed by atoms with E-state index in [0.717, 1.165) is 30.9 Å². The van der Waals surface area contributed by atoms with Gasteiger partial charge in [-0.05, 0) is 38.9 Å². The van der Waals surface area contributed by atoms with Gasteiger partial charge in [-0.25, -0.2) is 4.98 Å². The molecule has 20 heavy (non-hydrogen) atoms. The third-order valence-electron chi connectivity index (χ3n) is 3.92. The van der Waals surface area contributed by atoms with Crippen molar-refractivity contribution in [3.8, 4) is 0 Å². The minimum atomic E-state index is -0.444. The Kier molecular flexibility index (Phi) is 3.22. The first-order valence-corrected chi connectivity index (χ1v) is 7.03. The normalized spacial score (nSPS) is 19.4. The van der Waals surface area contributed by atoms with Gasteiger partial charge in [0.05, 0.1) is 23.3 Å². The van der Waals surface area contributed by atoms with Gasteiger partial charge in [0.2, 0.25) is 5.91 Å². The van der Waals surface area contributed by atoms with E-state index in [1.54, 1.807) is 0 Å². The summed E-state index contributed by atoms with van der Waals surface area (Å²) in [5.41, 5.74) is 1.44. The van der Waals surface area contributed by atoms with Crippen LogP contribution in [-0.4, -0.2) is 28.4 Å².